The Morgan fingerprint density at radius 1 is 1.41 bits per heavy atom. The van der Waals surface area contributed by atoms with E-state index in [1.54, 1.807) is 0 Å². The van der Waals surface area contributed by atoms with Gasteiger partial charge in [-0.05, 0) is 31.2 Å². The van der Waals surface area contributed by atoms with Crippen LogP contribution in [0.3, 0.4) is 0 Å². The molecule has 1 saturated carbocycles. The Morgan fingerprint density at radius 3 is 2.41 bits per heavy atom. The fraction of sp³-hybridized carbons (Fsp3) is 0.500. The summed E-state index contributed by atoms with van der Waals surface area (Å²) in [6, 6.07) is 8.03. The number of hydrogen-bond acceptors (Lipinski definition) is 3. The highest BCUT2D eigenvalue weighted by atomic mass is 16.5. The third-order valence-electron chi connectivity index (χ3n) is 3.71. The maximum Gasteiger partial charge on any atom is 0.317 e. The molecular weight excluding hydrogens is 214 g/mol. The Morgan fingerprint density at radius 2 is 2.00 bits per heavy atom. The summed E-state index contributed by atoms with van der Waals surface area (Å²) in [7, 11) is 1.43. The van der Waals surface area contributed by atoms with E-state index < -0.39 is 5.41 Å². The Balaban J connectivity index is 2.45. The predicted molar refractivity (Wildman–Crippen MR) is 66.7 cm³/mol. The van der Waals surface area contributed by atoms with E-state index in [2.05, 4.69) is 0 Å². The van der Waals surface area contributed by atoms with Crippen molar-refractivity contribution >= 4 is 5.97 Å². The van der Waals surface area contributed by atoms with Crippen LogP contribution in [0, 0.1) is 12.8 Å². The number of rotatable bonds is 4. The standard InChI is InChI=1S/C14H19NO2/c1-10-3-5-11(6-4-10)14(9-15,12-7-8-12)13(16)17-2/h3-6,12H,7-9,15H2,1-2H3. The number of aryl methyl sites for hydroxylation is 1. The molecule has 2 N–H and O–H groups in total. The fourth-order valence-electron chi connectivity index (χ4n) is 2.50. The molecule has 1 aliphatic rings. The van der Waals surface area contributed by atoms with Crippen LogP contribution in [-0.4, -0.2) is 19.6 Å². The van der Waals surface area contributed by atoms with Crippen LogP contribution in [0.25, 0.3) is 0 Å². The molecule has 1 aromatic rings. The van der Waals surface area contributed by atoms with E-state index in [9.17, 15) is 4.79 Å². The summed E-state index contributed by atoms with van der Waals surface area (Å²) < 4.78 is 4.97. The van der Waals surface area contributed by atoms with Crippen LogP contribution in [-0.2, 0) is 14.9 Å². The average Bonchev–Trinajstić information content (AvgIpc) is 3.17. The van der Waals surface area contributed by atoms with Crippen molar-refractivity contribution in [2.75, 3.05) is 13.7 Å². The monoisotopic (exact) mass is 233 g/mol. The van der Waals surface area contributed by atoms with Crippen molar-refractivity contribution in [1.82, 2.24) is 0 Å². The van der Waals surface area contributed by atoms with Gasteiger partial charge in [-0.2, -0.15) is 0 Å². The lowest BCUT2D eigenvalue weighted by molar-refractivity contribution is -0.148. The van der Waals surface area contributed by atoms with E-state index in [-0.39, 0.29) is 5.97 Å². The first kappa shape index (κ1) is 12.1. The Kier molecular flexibility index (Phi) is 3.20. The van der Waals surface area contributed by atoms with Crippen molar-refractivity contribution in [3.05, 3.63) is 35.4 Å². The van der Waals surface area contributed by atoms with E-state index in [1.165, 1.54) is 12.7 Å². The first-order chi connectivity index (χ1) is 8.15. The summed E-state index contributed by atoms with van der Waals surface area (Å²) in [4.78, 5) is 12.1. The van der Waals surface area contributed by atoms with Crippen LogP contribution in [0.1, 0.15) is 24.0 Å². The van der Waals surface area contributed by atoms with Crippen LogP contribution >= 0.6 is 0 Å². The van der Waals surface area contributed by atoms with Crippen molar-refractivity contribution < 1.29 is 9.53 Å². The molecule has 1 aromatic carbocycles. The van der Waals surface area contributed by atoms with Gasteiger partial charge in [0.05, 0.1) is 7.11 Å². The summed E-state index contributed by atoms with van der Waals surface area (Å²) >= 11 is 0. The van der Waals surface area contributed by atoms with Crippen LogP contribution < -0.4 is 5.73 Å². The molecule has 0 aromatic heterocycles. The zero-order valence-corrected chi connectivity index (χ0v) is 10.4. The number of nitrogens with two attached hydrogens (primary N) is 1. The molecule has 0 radical (unpaired) electrons. The summed E-state index contributed by atoms with van der Waals surface area (Å²) in [6.45, 7) is 2.34. The number of carbonyl (C=O) groups is 1. The van der Waals surface area contributed by atoms with Crippen LogP contribution in [0.4, 0.5) is 0 Å². The smallest absolute Gasteiger partial charge is 0.317 e. The SMILES string of the molecule is COC(=O)C(CN)(c1ccc(C)cc1)C1CC1. The molecule has 1 atom stereocenters. The molecule has 1 unspecified atom stereocenters. The van der Waals surface area contributed by atoms with Gasteiger partial charge in [-0.15, -0.1) is 0 Å². The minimum Gasteiger partial charge on any atom is -0.468 e. The van der Waals surface area contributed by atoms with E-state index in [4.69, 9.17) is 10.5 Å². The third kappa shape index (κ3) is 1.95. The van der Waals surface area contributed by atoms with E-state index in [0.29, 0.717) is 12.5 Å². The highest BCUT2D eigenvalue weighted by Crippen LogP contribution is 2.47. The molecule has 1 fully saturated rings. The van der Waals surface area contributed by atoms with Gasteiger partial charge in [-0.1, -0.05) is 29.8 Å². The molecule has 0 bridgehead atoms. The number of esters is 1. The zero-order valence-electron chi connectivity index (χ0n) is 10.4. The second-order valence-corrected chi connectivity index (χ2v) is 4.81. The number of ether oxygens (including phenoxy) is 1. The van der Waals surface area contributed by atoms with Gasteiger partial charge < -0.3 is 10.5 Å². The van der Waals surface area contributed by atoms with Crippen molar-refractivity contribution in [3.8, 4) is 0 Å². The van der Waals surface area contributed by atoms with Crippen LogP contribution in [0.5, 0.6) is 0 Å². The number of hydrogen-bond donors (Lipinski definition) is 1. The van der Waals surface area contributed by atoms with Gasteiger partial charge in [0.15, 0.2) is 0 Å². The second kappa shape index (κ2) is 4.49. The highest BCUT2D eigenvalue weighted by molar-refractivity contribution is 5.84. The van der Waals surface area contributed by atoms with E-state index in [1.807, 2.05) is 31.2 Å². The molecule has 0 aliphatic heterocycles. The highest BCUT2D eigenvalue weighted by Gasteiger charge is 2.52. The number of benzene rings is 1. The molecular formula is C14H19NO2. The molecule has 0 heterocycles. The Labute approximate surface area is 102 Å². The van der Waals surface area contributed by atoms with Crippen LogP contribution in [0.15, 0.2) is 24.3 Å². The van der Waals surface area contributed by atoms with Gasteiger partial charge in [-0.25, -0.2) is 0 Å². The molecule has 1 aliphatic carbocycles. The van der Waals surface area contributed by atoms with Crippen molar-refractivity contribution in [2.24, 2.45) is 11.7 Å². The number of carbonyl (C=O) groups excluding carboxylic acids is 1. The molecule has 17 heavy (non-hydrogen) atoms. The molecule has 2 rings (SSSR count). The van der Waals surface area contributed by atoms with E-state index in [0.717, 1.165) is 18.4 Å². The van der Waals surface area contributed by atoms with Gasteiger partial charge in [-0.3, -0.25) is 4.79 Å². The molecule has 3 nitrogen and oxygen atoms in total. The minimum absolute atomic E-state index is 0.202. The first-order valence-electron chi connectivity index (χ1n) is 6.00. The Bertz CT molecular complexity index is 409. The van der Waals surface area contributed by atoms with Crippen molar-refractivity contribution in [1.29, 1.82) is 0 Å². The van der Waals surface area contributed by atoms with Gasteiger partial charge in [0.2, 0.25) is 0 Å². The van der Waals surface area contributed by atoms with Crippen molar-refractivity contribution in [3.63, 3.8) is 0 Å². The largest absolute Gasteiger partial charge is 0.468 e. The molecule has 92 valence electrons. The molecule has 0 spiro atoms. The lowest BCUT2D eigenvalue weighted by Gasteiger charge is -2.30. The maximum absolute atomic E-state index is 12.1. The topological polar surface area (TPSA) is 52.3 Å². The second-order valence-electron chi connectivity index (χ2n) is 4.81. The van der Waals surface area contributed by atoms with Gasteiger partial charge in [0.25, 0.3) is 0 Å². The van der Waals surface area contributed by atoms with Crippen molar-refractivity contribution in [2.45, 2.75) is 25.2 Å². The fourth-order valence-corrected chi connectivity index (χ4v) is 2.50. The summed E-state index contributed by atoms with van der Waals surface area (Å²) in [5.41, 5.74) is 7.42. The number of methoxy groups -OCH3 is 1. The molecule has 0 amide bonds. The average molecular weight is 233 g/mol. The quantitative estimate of drug-likeness (QED) is 0.806. The minimum atomic E-state index is -0.636. The summed E-state index contributed by atoms with van der Waals surface area (Å²) in [6.07, 6.45) is 2.11. The Hall–Kier alpha value is -1.35. The van der Waals surface area contributed by atoms with Crippen LogP contribution in [0.2, 0.25) is 0 Å². The molecule has 0 saturated heterocycles. The van der Waals surface area contributed by atoms with Gasteiger partial charge in [0, 0.05) is 6.54 Å². The lowest BCUT2D eigenvalue weighted by atomic mass is 9.75. The van der Waals surface area contributed by atoms with Gasteiger partial charge >= 0.3 is 5.97 Å². The third-order valence-corrected chi connectivity index (χ3v) is 3.71. The first-order valence-corrected chi connectivity index (χ1v) is 6.00. The summed E-state index contributed by atoms with van der Waals surface area (Å²) in [5, 5.41) is 0. The predicted octanol–water partition coefficient (Wildman–Crippen LogP) is 1.77. The zero-order chi connectivity index (χ0) is 12.5. The maximum atomic E-state index is 12.1. The summed E-state index contributed by atoms with van der Waals surface area (Å²) in [5.74, 6) is 0.133. The lowest BCUT2D eigenvalue weighted by Crippen LogP contribution is -2.45. The molecule has 3 heteroatoms. The van der Waals surface area contributed by atoms with Gasteiger partial charge in [0.1, 0.15) is 5.41 Å². The normalized spacial score (nSPS) is 18.5. The van der Waals surface area contributed by atoms with E-state index >= 15 is 0 Å².